The monoisotopic (exact) mass is 313 g/mol. The number of aliphatic hydroxyl groups excluding tert-OH is 1. The normalized spacial score (nSPS) is 17.5. The minimum absolute atomic E-state index is 0.179. The van der Waals surface area contributed by atoms with E-state index in [0.29, 0.717) is 31.9 Å². The molecule has 0 aromatic heterocycles. The van der Waals surface area contributed by atoms with Gasteiger partial charge in [0.25, 0.3) is 5.91 Å². The lowest BCUT2D eigenvalue weighted by Gasteiger charge is -2.28. The molecule has 1 saturated heterocycles. The maximum absolute atomic E-state index is 12.0. The van der Waals surface area contributed by atoms with Gasteiger partial charge in [0, 0.05) is 13.1 Å². The van der Waals surface area contributed by atoms with E-state index in [1.54, 1.807) is 30.3 Å². The van der Waals surface area contributed by atoms with Crippen LogP contribution in [-0.2, 0) is 25.1 Å². The van der Waals surface area contributed by atoms with Gasteiger partial charge in [-0.15, -0.1) is 0 Å². The fourth-order valence-corrected chi connectivity index (χ4v) is 3.64. The van der Waals surface area contributed by atoms with Crippen molar-refractivity contribution in [2.45, 2.75) is 11.9 Å². The van der Waals surface area contributed by atoms with E-state index >= 15 is 0 Å². The fraction of sp³-hybridized carbons (Fsp3) is 0.500. The van der Waals surface area contributed by atoms with E-state index in [1.807, 2.05) is 0 Å². The van der Waals surface area contributed by atoms with Crippen LogP contribution >= 0.6 is 0 Å². The van der Waals surface area contributed by atoms with Crippen molar-refractivity contribution < 1.29 is 23.1 Å². The zero-order valence-electron chi connectivity index (χ0n) is 11.6. The summed E-state index contributed by atoms with van der Waals surface area (Å²) in [4.78, 5) is 13.4. The first-order valence-electron chi connectivity index (χ1n) is 6.77. The van der Waals surface area contributed by atoms with Crippen LogP contribution in [0.3, 0.4) is 0 Å². The van der Waals surface area contributed by atoms with Crippen LogP contribution in [0.5, 0.6) is 0 Å². The van der Waals surface area contributed by atoms with Gasteiger partial charge in [-0.1, -0.05) is 30.3 Å². The molecule has 0 saturated carbocycles. The third kappa shape index (κ3) is 4.80. The topological polar surface area (TPSA) is 83.9 Å². The number of aliphatic hydroxyl groups is 1. The van der Waals surface area contributed by atoms with Crippen molar-refractivity contribution >= 4 is 15.7 Å². The van der Waals surface area contributed by atoms with Gasteiger partial charge >= 0.3 is 0 Å². The lowest BCUT2D eigenvalue weighted by Crippen LogP contribution is -2.47. The summed E-state index contributed by atoms with van der Waals surface area (Å²) in [5.74, 6) is -1.28. The zero-order valence-corrected chi connectivity index (χ0v) is 12.5. The summed E-state index contributed by atoms with van der Waals surface area (Å²) in [5, 5.41) is 9.87. The number of carbonyl (C=O) groups excluding carboxylic acids is 1. The van der Waals surface area contributed by atoms with Crippen molar-refractivity contribution in [1.29, 1.82) is 0 Å². The molecule has 1 fully saturated rings. The molecule has 1 heterocycles. The summed E-state index contributed by atoms with van der Waals surface area (Å²) in [6.45, 7) is 1.59. The molecule has 1 atom stereocenters. The quantitative estimate of drug-likeness (QED) is 0.815. The molecular weight excluding hydrogens is 294 g/mol. The minimum Gasteiger partial charge on any atom is -0.382 e. The largest absolute Gasteiger partial charge is 0.382 e. The molecule has 21 heavy (non-hydrogen) atoms. The lowest BCUT2D eigenvalue weighted by molar-refractivity contribution is -0.143. The number of nitrogens with zero attached hydrogens (tertiary/aromatic N) is 1. The van der Waals surface area contributed by atoms with Gasteiger partial charge < -0.3 is 14.7 Å². The molecule has 1 aromatic rings. The van der Waals surface area contributed by atoms with Crippen molar-refractivity contribution in [3.8, 4) is 0 Å². The Morgan fingerprint density at radius 3 is 2.48 bits per heavy atom. The number of morpholine rings is 1. The van der Waals surface area contributed by atoms with Gasteiger partial charge in [-0.25, -0.2) is 8.42 Å². The second kappa shape index (κ2) is 7.02. The third-order valence-electron chi connectivity index (χ3n) is 3.25. The Labute approximate surface area is 124 Å². The predicted octanol–water partition coefficient (Wildman–Crippen LogP) is -0.179. The standard InChI is InChI=1S/C14H19NO5S/c16-13(14(17)15-6-8-20-9-7-15)11-21(18,19)10-12-4-2-1-3-5-12/h1-5,13,16H,6-11H2. The number of hydrogen-bond acceptors (Lipinski definition) is 5. The van der Waals surface area contributed by atoms with E-state index in [4.69, 9.17) is 4.74 Å². The van der Waals surface area contributed by atoms with Crippen LogP contribution in [0.2, 0.25) is 0 Å². The average molecular weight is 313 g/mol. The van der Waals surface area contributed by atoms with Crippen molar-refractivity contribution in [3.63, 3.8) is 0 Å². The summed E-state index contributed by atoms with van der Waals surface area (Å²) < 4.78 is 29.2. The number of benzene rings is 1. The minimum atomic E-state index is -3.55. The van der Waals surface area contributed by atoms with Gasteiger partial charge in [0.2, 0.25) is 0 Å². The van der Waals surface area contributed by atoms with Crippen molar-refractivity contribution in [2.75, 3.05) is 32.1 Å². The van der Waals surface area contributed by atoms with Gasteiger partial charge in [-0.3, -0.25) is 4.79 Å². The summed E-state index contributed by atoms with van der Waals surface area (Å²) in [6.07, 6.45) is -1.52. The molecule has 6 nitrogen and oxygen atoms in total. The van der Waals surface area contributed by atoms with Crippen molar-refractivity contribution in [3.05, 3.63) is 35.9 Å². The number of hydrogen-bond donors (Lipinski definition) is 1. The van der Waals surface area contributed by atoms with E-state index < -0.39 is 27.6 Å². The molecule has 0 aliphatic carbocycles. The van der Waals surface area contributed by atoms with Gasteiger partial charge in [0.05, 0.1) is 24.7 Å². The average Bonchev–Trinajstić information content (AvgIpc) is 2.47. The molecule has 1 unspecified atom stereocenters. The first-order chi connectivity index (χ1) is 9.98. The highest BCUT2D eigenvalue weighted by atomic mass is 32.2. The highest BCUT2D eigenvalue weighted by Crippen LogP contribution is 2.09. The number of sulfone groups is 1. The van der Waals surface area contributed by atoms with E-state index in [-0.39, 0.29) is 5.75 Å². The van der Waals surface area contributed by atoms with Crippen molar-refractivity contribution in [1.82, 2.24) is 4.90 Å². The number of ether oxygens (including phenoxy) is 1. The smallest absolute Gasteiger partial charge is 0.252 e. The molecule has 7 heteroatoms. The molecule has 0 bridgehead atoms. The molecule has 0 radical (unpaired) electrons. The molecule has 116 valence electrons. The fourth-order valence-electron chi connectivity index (χ4n) is 2.19. The molecule has 1 aliphatic rings. The third-order valence-corrected chi connectivity index (χ3v) is 4.85. The van der Waals surface area contributed by atoms with Gasteiger partial charge in [-0.05, 0) is 5.56 Å². The highest BCUT2D eigenvalue weighted by molar-refractivity contribution is 7.90. The molecular formula is C14H19NO5S. The van der Waals surface area contributed by atoms with E-state index in [9.17, 15) is 18.3 Å². The molecule has 1 aromatic carbocycles. The number of amides is 1. The maximum Gasteiger partial charge on any atom is 0.252 e. The molecule has 1 N–H and O–H groups in total. The summed E-state index contributed by atoms with van der Waals surface area (Å²) >= 11 is 0. The SMILES string of the molecule is O=C(C(O)CS(=O)(=O)Cc1ccccc1)N1CCOCC1. The molecule has 0 spiro atoms. The Balaban J connectivity index is 1.94. The first kappa shape index (κ1) is 15.9. The van der Waals surface area contributed by atoms with E-state index in [2.05, 4.69) is 0 Å². The van der Waals surface area contributed by atoms with Crippen LogP contribution in [0.4, 0.5) is 0 Å². The Hall–Kier alpha value is -1.44. The van der Waals surface area contributed by atoms with Crippen LogP contribution in [0.15, 0.2) is 30.3 Å². The van der Waals surface area contributed by atoms with E-state index in [1.165, 1.54) is 4.90 Å². The molecule has 1 amide bonds. The predicted molar refractivity (Wildman–Crippen MR) is 77.3 cm³/mol. The Bertz CT molecular complexity index is 566. The van der Waals surface area contributed by atoms with Crippen LogP contribution in [-0.4, -0.2) is 62.5 Å². The Morgan fingerprint density at radius 1 is 1.24 bits per heavy atom. The molecule has 1 aliphatic heterocycles. The summed E-state index contributed by atoms with van der Waals surface area (Å²) in [6, 6.07) is 8.70. The lowest BCUT2D eigenvalue weighted by atomic mass is 10.2. The highest BCUT2D eigenvalue weighted by Gasteiger charge is 2.28. The second-order valence-corrected chi connectivity index (χ2v) is 7.10. The van der Waals surface area contributed by atoms with Gasteiger partial charge in [-0.2, -0.15) is 0 Å². The number of carbonyl (C=O) groups is 1. The Morgan fingerprint density at radius 2 is 1.86 bits per heavy atom. The van der Waals surface area contributed by atoms with Crippen LogP contribution in [0.1, 0.15) is 5.56 Å². The number of rotatable bonds is 5. The Kier molecular flexibility index (Phi) is 5.33. The first-order valence-corrected chi connectivity index (χ1v) is 8.59. The van der Waals surface area contributed by atoms with Crippen LogP contribution in [0, 0.1) is 0 Å². The van der Waals surface area contributed by atoms with Gasteiger partial charge in [0.15, 0.2) is 9.84 Å². The van der Waals surface area contributed by atoms with E-state index in [0.717, 1.165) is 0 Å². The zero-order chi connectivity index (χ0) is 15.3. The van der Waals surface area contributed by atoms with Gasteiger partial charge in [0.1, 0.15) is 6.10 Å². The van der Waals surface area contributed by atoms with Crippen molar-refractivity contribution in [2.24, 2.45) is 0 Å². The van der Waals surface area contributed by atoms with Crippen LogP contribution < -0.4 is 0 Å². The van der Waals surface area contributed by atoms with Crippen LogP contribution in [0.25, 0.3) is 0 Å². The molecule has 2 rings (SSSR count). The second-order valence-electron chi connectivity index (χ2n) is 4.99. The summed E-state index contributed by atoms with van der Waals surface area (Å²) in [7, 11) is -3.55. The summed E-state index contributed by atoms with van der Waals surface area (Å²) in [5.41, 5.74) is 0.642. The maximum atomic E-state index is 12.0.